The number of aliphatic hydroxyl groups is 1. The highest BCUT2D eigenvalue weighted by atomic mass is 16.3. The minimum absolute atomic E-state index is 0.0498. The molecule has 0 bridgehead atoms. The lowest BCUT2D eigenvalue weighted by atomic mass is 9.85. The van der Waals surface area contributed by atoms with Gasteiger partial charge in [-0.3, -0.25) is 4.90 Å². The Morgan fingerprint density at radius 2 is 1.87 bits per heavy atom. The van der Waals surface area contributed by atoms with Crippen LogP contribution in [0.1, 0.15) is 52.4 Å². The third-order valence-electron chi connectivity index (χ3n) is 4.29. The van der Waals surface area contributed by atoms with Gasteiger partial charge in [0.15, 0.2) is 0 Å². The van der Waals surface area contributed by atoms with Crippen LogP contribution in [0.4, 0.5) is 0 Å². The minimum Gasteiger partial charge on any atom is -0.391 e. The van der Waals surface area contributed by atoms with Gasteiger partial charge >= 0.3 is 0 Å². The molecule has 2 rings (SSSR count). The summed E-state index contributed by atoms with van der Waals surface area (Å²) in [5, 5.41) is 9.92. The topological polar surface area (TPSA) is 23.5 Å². The lowest BCUT2D eigenvalue weighted by Gasteiger charge is -2.30. The molecule has 2 aliphatic rings. The summed E-state index contributed by atoms with van der Waals surface area (Å²) in [6.45, 7) is 7.14. The van der Waals surface area contributed by atoms with Gasteiger partial charge in [-0.15, -0.1) is 0 Å². The van der Waals surface area contributed by atoms with Crippen molar-refractivity contribution in [2.75, 3.05) is 13.1 Å². The van der Waals surface area contributed by atoms with E-state index >= 15 is 0 Å². The second-order valence-electron chi connectivity index (χ2n) is 6.12. The fraction of sp³-hybridized carbons (Fsp3) is 1.00. The lowest BCUT2D eigenvalue weighted by Crippen LogP contribution is -2.41. The molecule has 0 spiro atoms. The molecule has 0 radical (unpaired) electrons. The van der Waals surface area contributed by atoms with Gasteiger partial charge in [-0.25, -0.2) is 0 Å². The van der Waals surface area contributed by atoms with Crippen LogP contribution in [0, 0.1) is 5.41 Å². The smallest absolute Gasteiger partial charge is 0.0695 e. The molecule has 15 heavy (non-hydrogen) atoms. The van der Waals surface area contributed by atoms with Crippen molar-refractivity contribution in [2.45, 2.75) is 64.5 Å². The molecule has 2 nitrogen and oxygen atoms in total. The fourth-order valence-corrected chi connectivity index (χ4v) is 3.12. The zero-order chi connectivity index (χ0) is 10.9. The quantitative estimate of drug-likeness (QED) is 0.720. The Labute approximate surface area is 93.7 Å². The van der Waals surface area contributed by atoms with Crippen molar-refractivity contribution >= 4 is 0 Å². The Morgan fingerprint density at radius 3 is 2.53 bits per heavy atom. The first kappa shape index (κ1) is 11.4. The van der Waals surface area contributed by atoms with E-state index in [0.29, 0.717) is 11.5 Å². The fourth-order valence-electron chi connectivity index (χ4n) is 3.12. The summed E-state index contributed by atoms with van der Waals surface area (Å²) in [4.78, 5) is 2.55. The molecule has 0 aromatic heterocycles. The van der Waals surface area contributed by atoms with Crippen molar-refractivity contribution in [3.8, 4) is 0 Å². The van der Waals surface area contributed by atoms with Crippen LogP contribution in [-0.4, -0.2) is 35.2 Å². The van der Waals surface area contributed by atoms with E-state index in [1.165, 1.54) is 45.2 Å². The van der Waals surface area contributed by atoms with Crippen LogP contribution in [0.15, 0.2) is 0 Å². The maximum absolute atomic E-state index is 9.92. The van der Waals surface area contributed by atoms with Gasteiger partial charge in [-0.1, -0.05) is 13.8 Å². The molecule has 1 saturated heterocycles. The third-order valence-corrected chi connectivity index (χ3v) is 4.29. The van der Waals surface area contributed by atoms with E-state index in [2.05, 4.69) is 18.7 Å². The zero-order valence-electron chi connectivity index (χ0n) is 10.2. The normalized spacial score (nSPS) is 37.8. The molecule has 0 unspecified atom stereocenters. The van der Waals surface area contributed by atoms with Crippen molar-refractivity contribution in [1.29, 1.82) is 0 Å². The first-order valence-corrected chi connectivity index (χ1v) is 6.51. The molecule has 2 atom stereocenters. The average molecular weight is 211 g/mol. The van der Waals surface area contributed by atoms with Crippen LogP contribution < -0.4 is 0 Å². The largest absolute Gasteiger partial charge is 0.391 e. The lowest BCUT2D eigenvalue weighted by molar-refractivity contribution is 0.0710. The minimum atomic E-state index is -0.0498. The highest BCUT2D eigenvalue weighted by Gasteiger charge is 2.33. The molecule has 1 aliphatic heterocycles. The number of rotatable bonds is 1. The van der Waals surface area contributed by atoms with Crippen molar-refractivity contribution in [3.63, 3.8) is 0 Å². The molecule has 1 N–H and O–H groups in total. The maximum Gasteiger partial charge on any atom is 0.0695 e. The van der Waals surface area contributed by atoms with E-state index in [0.717, 1.165) is 6.42 Å². The Bertz CT molecular complexity index is 215. The van der Waals surface area contributed by atoms with Gasteiger partial charge < -0.3 is 5.11 Å². The number of aliphatic hydroxyl groups excluding tert-OH is 1. The summed E-state index contributed by atoms with van der Waals surface area (Å²) in [6.07, 6.45) is 7.32. The predicted octanol–water partition coefficient (Wildman–Crippen LogP) is 2.41. The highest BCUT2D eigenvalue weighted by Crippen LogP contribution is 2.33. The Hall–Kier alpha value is -0.0800. The van der Waals surface area contributed by atoms with E-state index in [1.807, 2.05) is 0 Å². The van der Waals surface area contributed by atoms with Crippen molar-refractivity contribution in [1.82, 2.24) is 4.90 Å². The monoisotopic (exact) mass is 211 g/mol. The first-order valence-electron chi connectivity index (χ1n) is 6.51. The summed E-state index contributed by atoms with van der Waals surface area (Å²) < 4.78 is 0. The van der Waals surface area contributed by atoms with Crippen LogP contribution in [0.2, 0.25) is 0 Å². The van der Waals surface area contributed by atoms with Crippen LogP contribution in [0.25, 0.3) is 0 Å². The highest BCUT2D eigenvalue weighted by molar-refractivity contribution is 4.87. The van der Waals surface area contributed by atoms with E-state index in [9.17, 15) is 5.11 Å². The van der Waals surface area contributed by atoms with Gasteiger partial charge in [-0.05, 0) is 57.0 Å². The SMILES string of the molecule is CC1(C)CCCN([C@H]2CCC[C@@H]2O)CC1. The van der Waals surface area contributed by atoms with Gasteiger partial charge in [-0.2, -0.15) is 0 Å². The summed E-state index contributed by atoms with van der Waals surface area (Å²) in [6, 6.07) is 0.471. The summed E-state index contributed by atoms with van der Waals surface area (Å²) >= 11 is 0. The van der Waals surface area contributed by atoms with Crippen LogP contribution in [-0.2, 0) is 0 Å². The van der Waals surface area contributed by atoms with Gasteiger partial charge in [0.05, 0.1) is 6.10 Å². The van der Waals surface area contributed by atoms with Crippen molar-refractivity contribution in [2.24, 2.45) is 5.41 Å². The molecule has 0 amide bonds. The second-order valence-corrected chi connectivity index (χ2v) is 6.12. The predicted molar refractivity (Wildman–Crippen MR) is 62.9 cm³/mol. The third kappa shape index (κ3) is 2.73. The van der Waals surface area contributed by atoms with Crippen LogP contribution in [0.3, 0.4) is 0 Å². The molecular formula is C13H25NO. The molecule has 2 heteroatoms. The summed E-state index contributed by atoms with van der Waals surface area (Å²) in [5.41, 5.74) is 0.512. The van der Waals surface area contributed by atoms with Crippen LogP contribution in [0.5, 0.6) is 0 Å². The van der Waals surface area contributed by atoms with Crippen molar-refractivity contribution < 1.29 is 5.11 Å². The standard InChI is InChI=1S/C13H25NO/c1-13(2)7-4-9-14(10-8-13)11-5-3-6-12(11)15/h11-12,15H,3-10H2,1-2H3/t11-,12-/m0/s1. The Morgan fingerprint density at radius 1 is 1.07 bits per heavy atom. The molecule has 0 aromatic rings. The first-order chi connectivity index (χ1) is 7.08. The van der Waals surface area contributed by atoms with Crippen LogP contribution >= 0.6 is 0 Å². The summed E-state index contributed by atoms with van der Waals surface area (Å²) in [7, 11) is 0. The molecular weight excluding hydrogens is 186 g/mol. The number of hydrogen-bond donors (Lipinski definition) is 1. The molecule has 1 saturated carbocycles. The molecule has 88 valence electrons. The summed E-state index contributed by atoms with van der Waals surface area (Å²) in [5.74, 6) is 0. The second kappa shape index (κ2) is 4.42. The number of nitrogens with zero attached hydrogens (tertiary/aromatic N) is 1. The maximum atomic E-state index is 9.92. The van der Waals surface area contributed by atoms with Gasteiger partial charge in [0, 0.05) is 6.04 Å². The Balaban J connectivity index is 1.93. The van der Waals surface area contributed by atoms with E-state index in [-0.39, 0.29) is 6.10 Å². The number of hydrogen-bond acceptors (Lipinski definition) is 2. The number of likely N-dealkylation sites (tertiary alicyclic amines) is 1. The van der Waals surface area contributed by atoms with Gasteiger partial charge in [0.25, 0.3) is 0 Å². The molecule has 2 fully saturated rings. The average Bonchev–Trinajstić information content (AvgIpc) is 2.49. The zero-order valence-corrected chi connectivity index (χ0v) is 10.2. The van der Waals surface area contributed by atoms with E-state index in [1.54, 1.807) is 0 Å². The van der Waals surface area contributed by atoms with Gasteiger partial charge in [0.1, 0.15) is 0 Å². The molecule has 0 aromatic carbocycles. The van der Waals surface area contributed by atoms with Crippen molar-refractivity contribution in [3.05, 3.63) is 0 Å². The van der Waals surface area contributed by atoms with Gasteiger partial charge in [0.2, 0.25) is 0 Å². The van der Waals surface area contributed by atoms with E-state index in [4.69, 9.17) is 0 Å². The Kier molecular flexibility index (Phi) is 3.36. The molecule has 1 heterocycles. The molecule has 1 aliphatic carbocycles. The van der Waals surface area contributed by atoms with E-state index < -0.39 is 0 Å².